The number of halogens is 1. The second-order valence-corrected chi connectivity index (χ2v) is 4.91. The molecule has 0 spiro atoms. The zero-order chi connectivity index (χ0) is 13.8. The molecule has 0 amide bonds. The molecule has 1 heterocycles. The summed E-state index contributed by atoms with van der Waals surface area (Å²) in [6.07, 6.45) is 0.540. The lowest BCUT2D eigenvalue weighted by Crippen LogP contribution is -2.17. The van der Waals surface area contributed by atoms with Crippen LogP contribution in [0.4, 0.5) is 0 Å². The van der Waals surface area contributed by atoms with Gasteiger partial charge in [0.2, 0.25) is 0 Å². The number of ether oxygens (including phenoxy) is 1. The molecule has 0 saturated carbocycles. The Kier molecular flexibility index (Phi) is 4.50. The van der Waals surface area contributed by atoms with Crippen molar-refractivity contribution in [3.8, 4) is 11.3 Å². The van der Waals surface area contributed by atoms with E-state index in [4.69, 9.17) is 4.74 Å². The van der Waals surface area contributed by atoms with Gasteiger partial charge in [-0.3, -0.25) is 4.79 Å². The molecule has 5 heteroatoms. The first-order valence-corrected chi connectivity index (χ1v) is 6.84. The van der Waals surface area contributed by atoms with E-state index in [0.717, 1.165) is 12.0 Å². The van der Waals surface area contributed by atoms with E-state index in [-0.39, 0.29) is 11.7 Å². The maximum atomic E-state index is 12.0. The summed E-state index contributed by atoms with van der Waals surface area (Å²) in [7, 11) is 1.61. The first kappa shape index (κ1) is 14.0. The maximum absolute atomic E-state index is 12.0. The zero-order valence-corrected chi connectivity index (χ0v) is 12.4. The predicted molar refractivity (Wildman–Crippen MR) is 78.0 cm³/mol. The number of methoxy groups -OCH3 is 1. The van der Waals surface area contributed by atoms with Crippen LogP contribution in [0.2, 0.25) is 0 Å². The lowest BCUT2D eigenvalue weighted by atomic mass is 10.1. The standard InChI is InChI=1S/C14H15BrN2O2/c1-3-10(19-2)13-16-12(11(15)14(18)17-13)9-7-5-4-6-8-9/h4-8,10H,3H2,1-2H3,(H,16,17,18). The van der Waals surface area contributed by atoms with E-state index in [1.165, 1.54) is 0 Å². The molecule has 1 N–H and O–H groups in total. The Morgan fingerprint density at radius 1 is 1.37 bits per heavy atom. The van der Waals surface area contributed by atoms with Gasteiger partial charge in [-0.1, -0.05) is 37.3 Å². The van der Waals surface area contributed by atoms with Crippen molar-refractivity contribution in [2.45, 2.75) is 19.4 Å². The van der Waals surface area contributed by atoms with E-state index in [9.17, 15) is 4.79 Å². The van der Waals surface area contributed by atoms with Crippen molar-refractivity contribution >= 4 is 15.9 Å². The first-order chi connectivity index (χ1) is 9.17. The lowest BCUT2D eigenvalue weighted by molar-refractivity contribution is 0.0924. The highest BCUT2D eigenvalue weighted by Gasteiger charge is 2.16. The van der Waals surface area contributed by atoms with Crippen LogP contribution in [0.3, 0.4) is 0 Å². The van der Waals surface area contributed by atoms with Crippen molar-refractivity contribution in [3.63, 3.8) is 0 Å². The van der Waals surface area contributed by atoms with Crippen LogP contribution in [0, 0.1) is 0 Å². The fourth-order valence-corrected chi connectivity index (χ4v) is 2.30. The summed E-state index contributed by atoms with van der Waals surface area (Å²) in [5.41, 5.74) is 1.34. The molecular weight excluding hydrogens is 308 g/mol. The first-order valence-electron chi connectivity index (χ1n) is 6.05. The van der Waals surface area contributed by atoms with Gasteiger partial charge in [0.1, 0.15) is 16.4 Å². The van der Waals surface area contributed by atoms with E-state index in [1.54, 1.807) is 7.11 Å². The van der Waals surface area contributed by atoms with Gasteiger partial charge in [0.15, 0.2) is 0 Å². The van der Waals surface area contributed by atoms with Crippen molar-refractivity contribution in [1.29, 1.82) is 0 Å². The monoisotopic (exact) mass is 322 g/mol. The highest BCUT2D eigenvalue weighted by Crippen LogP contribution is 2.25. The number of nitrogens with one attached hydrogen (secondary N) is 1. The number of hydrogen-bond acceptors (Lipinski definition) is 3. The van der Waals surface area contributed by atoms with Crippen LogP contribution < -0.4 is 5.56 Å². The van der Waals surface area contributed by atoms with Gasteiger partial charge in [-0.05, 0) is 22.4 Å². The summed E-state index contributed by atoms with van der Waals surface area (Å²) in [6, 6.07) is 9.60. The fraction of sp³-hybridized carbons (Fsp3) is 0.286. The second-order valence-electron chi connectivity index (χ2n) is 4.11. The lowest BCUT2D eigenvalue weighted by Gasteiger charge is -2.13. The van der Waals surface area contributed by atoms with E-state index < -0.39 is 0 Å². The molecule has 0 saturated heterocycles. The topological polar surface area (TPSA) is 55.0 Å². The summed E-state index contributed by atoms with van der Waals surface area (Å²) in [4.78, 5) is 19.2. The Labute approximate surface area is 120 Å². The number of aromatic amines is 1. The molecule has 1 aromatic carbocycles. The molecular formula is C14H15BrN2O2. The van der Waals surface area contributed by atoms with Crippen molar-refractivity contribution in [3.05, 3.63) is 51.0 Å². The third kappa shape index (κ3) is 2.93. The van der Waals surface area contributed by atoms with Gasteiger partial charge in [0.25, 0.3) is 5.56 Å². The van der Waals surface area contributed by atoms with Crippen molar-refractivity contribution < 1.29 is 4.74 Å². The Balaban J connectivity index is 2.58. The molecule has 19 heavy (non-hydrogen) atoms. The molecule has 0 fully saturated rings. The van der Waals surface area contributed by atoms with Gasteiger partial charge in [0, 0.05) is 12.7 Å². The minimum Gasteiger partial charge on any atom is -0.374 e. The quantitative estimate of drug-likeness (QED) is 0.939. The van der Waals surface area contributed by atoms with E-state index in [0.29, 0.717) is 16.0 Å². The summed E-state index contributed by atoms with van der Waals surface area (Å²) in [5.74, 6) is 0.553. The van der Waals surface area contributed by atoms with E-state index >= 15 is 0 Å². The third-order valence-electron chi connectivity index (χ3n) is 2.89. The van der Waals surface area contributed by atoms with Gasteiger partial charge >= 0.3 is 0 Å². The molecule has 0 aliphatic rings. The molecule has 100 valence electrons. The van der Waals surface area contributed by atoms with Crippen LogP contribution in [0.15, 0.2) is 39.6 Å². The SMILES string of the molecule is CCC(OC)c1nc(-c2ccccc2)c(Br)c(=O)[nH]1. The van der Waals surface area contributed by atoms with Crippen molar-refractivity contribution in [2.24, 2.45) is 0 Å². The Morgan fingerprint density at radius 2 is 2.05 bits per heavy atom. The Bertz CT molecular complexity index is 607. The van der Waals surface area contributed by atoms with Crippen LogP contribution in [0.5, 0.6) is 0 Å². The van der Waals surface area contributed by atoms with Crippen LogP contribution >= 0.6 is 15.9 Å². The van der Waals surface area contributed by atoms with Gasteiger partial charge in [-0.25, -0.2) is 4.98 Å². The maximum Gasteiger partial charge on any atom is 0.265 e. The molecule has 0 aliphatic carbocycles. The van der Waals surface area contributed by atoms with Gasteiger partial charge in [-0.15, -0.1) is 0 Å². The number of rotatable bonds is 4. The normalized spacial score (nSPS) is 12.4. The van der Waals surface area contributed by atoms with E-state index in [2.05, 4.69) is 25.9 Å². The number of nitrogens with zero attached hydrogens (tertiary/aromatic N) is 1. The Hall–Kier alpha value is -1.46. The highest BCUT2D eigenvalue weighted by molar-refractivity contribution is 9.10. The highest BCUT2D eigenvalue weighted by atomic mass is 79.9. The van der Waals surface area contributed by atoms with Crippen LogP contribution in [-0.2, 0) is 4.74 Å². The van der Waals surface area contributed by atoms with E-state index in [1.807, 2.05) is 37.3 Å². The second kappa shape index (κ2) is 6.12. The van der Waals surface area contributed by atoms with Crippen molar-refractivity contribution in [1.82, 2.24) is 9.97 Å². The van der Waals surface area contributed by atoms with Crippen LogP contribution in [-0.4, -0.2) is 17.1 Å². The molecule has 2 aromatic rings. The predicted octanol–water partition coefficient (Wildman–Crippen LogP) is 3.30. The van der Waals surface area contributed by atoms with Crippen molar-refractivity contribution in [2.75, 3.05) is 7.11 Å². The summed E-state index contributed by atoms with van der Waals surface area (Å²) >= 11 is 3.30. The molecule has 0 bridgehead atoms. The molecule has 1 aromatic heterocycles. The molecule has 0 aliphatic heterocycles. The molecule has 4 nitrogen and oxygen atoms in total. The fourth-order valence-electron chi connectivity index (χ4n) is 1.89. The third-order valence-corrected chi connectivity index (χ3v) is 3.62. The minimum absolute atomic E-state index is 0.195. The molecule has 2 rings (SSSR count). The largest absolute Gasteiger partial charge is 0.374 e. The molecule has 1 atom stereocenters. The smallest absolute Gasteiger partial charge is 0.265 e. The molecule has 0 radical (unpaired) electrons. The van der Waals surface area contributed by atoms with Gasteiger partial charge in [-0.2, -0.15) is 0 Å². The summed E-state index contributed by atoms with van der Waals surface area (Å²) < 4.78 is 5.76. The number of benzene rings is 1. The summed E-state index contributed by atoms with van der Waals surface area (Å²) in [6.45, 7) is 1.98. The minimum atomic E-state index is -0.205. The van der Waals surface area contributed by atoms with Gasteiger partial charge < -0.3 is 9.72 Å². The Morgan fingerprint density at radius 3 is 2.63 bits per heavy atom. The average molecular weight is 323 g/mol. The van der Waals surface area contributed by atoms with Crippen LogP contribution in [0.1, 0.15) is 25.3 Å². The number of aromatic nitrogens is 2. The molecule has 1 unspecified atom stereocenters. The van der Waals surface area contributed by atoms with Crippen LogP contribution in [0.25, 0.3) is 11.3 Å². The number of H-pyrrole nitrogens is 1. The number of hydrogen-bond donors (Lipinski definition) is 1. The van der Waals surface area contributed by atoms with Gasteiger partial charge in [0.05, 0.1) is 5.69 Å². The summed E-state index contributed by atoms with van der Waals surface area (Å²) in [5, 5.41) is 0. The zero-order valence-electron chi connectivity index (χ0n) is 10.8. The average Bonchev–Trinajstić information content (AvgIpc) is 2.44.